The molecular weight excluding hydrogens is 260 g/mol. The lowest BCUT2D eigenvalue weighted by atomic mass is 10.2. The highest BCUT2D eigenvalue weighted by atomic mass is 16.9. The lowest BCUT2D eigenvalue weighted by Crippen LogP contribution is -2.53. The number of carbonyl (C=O) groups excluding carboxylic acids is 2. The van der Waals surface area contributed by atoms with E-state index in [0.717, 1.165) is 0 Å². The van der Waals surface area contributed by atoms with E-state index >= 15 is 0 Å². The smallest absolute Gasteiger partial charge is 0.450 e. The topological polar surface area (TPSA) is 106 Å². The number of esters is 1. The molecule has 0 aromatic heterocycles. The van der Waals surface area contributed by atoms with Gasteiger partial charge in [0.1, 0.15) is 6.04 Å². The van der Waals surface area contributed by atoms with Gasteiger partial charge in [-0.1, -0.05) is 0 Å². The molecule has 2 fully saturated rings. The molecule has 0 bridgehead atoms. The van der Waals surface area contributed by atoms with Crippen molar-refractivity contribution in [1.29, 1.82) is 0 Å². The number of likely N-dealkylation sites (N-methyl/N-ethyl adjacent to an activating group) is 1. The zero-order valence-electron chi connectivity index (χ0n) is 10.5. The van der Waals surface area contributed by atoms with Crippen molar-refractivity contribution in [1.82, 2.24) is 9.96 Å². The molecule has 2 rings (SSSR count). The van der Waals surface area contributed by atoms with Crippen LogP contribution < -0.4 is 0 Å². The van der Waals surface area contributed by atoms with Crippen molar-refractivity contribution >= 4 is 18.0 Å². The van der Waals surface area contributed by atoms with Crippen LogP contribution >= 0.6 is 0 Å². The van der Waals surface area contributed by atoms with Gasteiger partial charge in [0.2, 0.25) is 0 Å². The Kier molecular flexibility index (Phi) is 3.33. The first-order chi connectivity index (χ1) is 8.85. The number of carbonyl (C=O) groups is 3. The molecular formula is C10H14N2O7. The van der Waals surface area contributed by atoms with Crippen LogP contribution in [0, 0.1) is 0 Å². The second-order valence-electron chi connectivity index (χ2n) is 4.46. The van der Waals surface area contributed by atoms with Gasteiger partial charge in [-0.05, 0) is 14.1 Å². The highest BCUT2D eigenvalue weighted by Crippen LogP contribution is 2.35. The molecule has 0 aliphatic carbocycles. The maximum Gasteiger partial charge on any atom is 0.510 e. The van der Waals surface area contributed by atoms with Crippen LogP contribution in [0.15, 0.2) is 0 Å². The number of hydrogen-bond acceptors (Lipinski definition) is 7. The molecule has 2 aliphatic rings. The van der Waals surface area contributed by atoms with Crippen LogP contribution in [0.25, 0.3) is 0 Å². The number of amides is 1. The number of carboxylic acid groups (broad SMARTS) is 1. The number of hydroxylamine groups is 2. The predicted octanol–water partition coefficient (Wildman–Crippen LogP) is -0.624. The molecule has 2 saturated heterocycles. The Labute approximate surface area is 108 Å². The molecule has 106 valence electrons. The SMILES string of the molecule is CN(C)[C@H]1CON(C2(OC(=O)O)CCC(=O)O2)C1=O. The maximum atomic E-state index is 12.1. The molecule has 19 heavy (non-hydrogen) atoms. The summed E-state index contributed by atoms with van der Waals surface area (Å²) in [7, 11) is 3.36. The number of hydrogen-bond donors (Lipinski definition) is 1. The number of rotatable bonds is 3. The fourth-order valence-electron chi connectivity index (χ4n) is 1.98. The molecule has 0 aromatic carbocycles. The maximum absolute atomic E-state index is 12.1. The van der Waals surface area contributed by atoms with Crippen LogP contribution in [-0.4, -0.2) is 65.8 Å². The van der Waals surface area contributed by atoms with Crippen molar-refractivity contribution in [3.05, 3.63) is 0 Å². The Morgan fingerprint density at radius 3 is 2.63 bits per heavy atom. The number of ether oxygens (including phenoxy) is 2. The first kappa shape index (κ1) is 13.6. The molecule has 9 nitrogen and oxygen atoms in total. The van der Waals surface area contributed by atoms with Gasteiger partial charge in [0.15, 0.2) is 0 Å². The Morgan fingerprint density at radius 2 is 2.21 bits per heavy atom. The molecule has 0 aromatic rings. The van der Waals surface area contributed by atoms with Gasteiger partial charge in [0.25, 0.3) is 5.91 Å². The summed E-state index contributed by atoms with van der Waals surface area (Å²) in [6, 6.07) is -0.575. The van der Waals surface area contributed by atoms with Crippen molar-refractivity contribution in [3.63, 3.8) is 0 Å². The van der Waals surface area contributed by atoms with Gasteiger partial charge in [0, 0.05) is 0 Å². The van der Waals surface area contributed by atoms with Gasteiger partial charge in [0.05, 0.1) is 19.4 Å². The fraction of sp³-hybridized carbons (Fsp3) is 0.700. The molecule has 0 saturated carbocycles. The third kappa shape index (κ3) is 2.34. The first-order valence-electron chi connectivity index (χ1n) is 5.63. The Balaban J connectivity index is 2.23. The van der Waals surface area contributed by atoms with Crippen LogP contribution in [0.1, 0.15) is 12.8 Å². The second kappa shape index (κ2) is 4.67. The average molecular weight is 274 g/mol. The summed E-state index contributed by atoms with van der Waals surface area (Å²) in [4.78, 5) is 40.8. The molecule has 2 atom stereocenters. The number of nitrogens with zero attached hydrogens (tertiary/aromatic N) is 2. The van der Waals surface area contributed by atoms with Crippen LogP contribution in [-0.2, 0) is 23.9 Å². The number of cyclic esters (lactones) is 1. The summed E-state index contributed by atoms with van der Waals surface area (Å²) in [6.07, 6.45) is -1.80. The summed E-state index contributed by atoms with van der Waals surface area (Å²) in [5, 5.41) is 9.43. The summed E-state index contributed by atoms with van der Waals surface area (Å²) in [6.45, 7) is 0.0358. The van der Waals surface area contributed by atoms with E-state index in [0.29, 0.717) is 5.06 Å². The second-order valence-corrected chi connectivity index (χ2v) is 4.46. The van der Waals surface area contributed by atoms with Gasteiger partial charge >= 0.3 is 18.0 Å². The average Bonchev–Trinajstić information content (AvgIpc) is 2.82. The van der Waals surface area contributed by atoms with E-state index in [-0.39, 0.29) is 19.4 Å². The summed E-state index contributed by atoms with van der Waals surface area (Å²) in [5.74, 6) is -3.17. The Bertz CT molecular complexity index is 424. The van der Waals surface area contributed by atoms with Crippen molar-refractivity contribution in [3.8, 4) is 0 Å². The van der Waals surface area contributed by atoms with Crippen molar-refractivity contribution < 1.29 is 33.8 Å². The van der Waals surface area contributed by atoms with Crippen molar-refractivity contribution in [2.45, 2.75) is 24.8 Å². The Hall–Kier alpha value is -1.87. The quantitative estimate of drug-likeness (QED) is 0.678. The van der Waals surface area contributed by atoms with Crippen molar-refractivity contribution in [2.75, 3.05) is 20.7 Å². The minimum absolute atomic E-state index is 0.0358. The summed E-state index contributed by atoms with van der Waals surface area (Å²) >= 11 is 0. The molecule has 2 aliphatic heterocycles. The largest absolute Gasteiger partial charge is 0.510 e. The zero-order valence-corrected chi connectivity index (χ0v) is 10.5. The summed E-state index contributed by atoms with van der Waals surface area (Å²) in [5.41, 5.74) is 0. The lowest BCUT2D eigenvalue weighted by Gasteiger charge is -2.32. The van der Waals surface area contributed by atoms with E-state index in [1.165, 1.54) is 0 Å². The molecule has 1 amide bonds. The van der Waals surface area contributed by atoms with E-state index < -0.39 is 30.0 Å². The van der Waals surface area contributed by atoms with Gasteiger partial charge in [-0.2, -0.15) is 0 Å². The van der Waals surface area contributed by atoms with Gasteiger partial charge in [-0.3, -0.25) is 19.3 Å². The molecule has 0 radical (unpaired) electrons. The molecule has 9 heteroatoms. The van der Waals surface area contributed by atoms with Gasteiger partial charge in [-0.25, -0.2) is 4.79 Å². The molecule has 0 spiro atoms. The van der Waals surface area contributed by atoms with Crippen LogP contribution in [0.3, 0.4) is 0 Å². The fourth-order valence-corrected chi connectivity index (χ4v) is 1.98. The minimum atomic E-state index is -2.01. The minimum Gasteiger partial charge on any atom is -0.450 e. The van der Waals surface area contributed by atoms with Crippen molar-refractivity contribution in [2.24, 2.45) is 0 Å². The van der Waals surface area contributed by atoms with E-state index in [2.05, 4.69) is 4.74 Å². The van der Waals surface area contributed by atoms with Crippen LogP contribution in [0.4, 0.5) is 4.79 Å². The standard InChI is InChI=1S/C10H14N2O7/c1-11(2)6-5-17-12(8(6)14)10(19-9(15)16)4-3-7(13)18-10/h6H,3-5H2,1-2H3,(H,15,16)/t6-,10?/m0/s1. The lowest BCUT2D eigenvalue weighted by molar-refractivity contribution is -0.337. The molecule has 1 N–H and O–H groups in total. The Morgan fingerprint density at radius 1 is 1.53 bits per heavy atom. The highest BCUT2D eigenvalue weighted by Gasteiger charge is 2.57. The summed E-state index contributed by atoms with van der Waals surface area (Å²) < 4.78 is 9.45. The highest BCUT2D eigenvalue weighted by molar-refractivity contribution is 5.84. The predicted molar refractivity (Wildman–Crippen MR) is 57.4 cm³/mol. The molecule has 2 heterocycles. The van der Waals surface area contributed by atoms with Crippen LogP contribution in [0.5, 0.6) is 0 Å². The van der Waals surface area contributed by atoms with E-state index in [1.54, 1.807) is 19.0 Å². The van der Waals surface area contributed by atoms with E-state index in [1.807, 2.05) is 0 Å². The van der Waals surface area contributed by atoms with Crippen LogP contribution in [0.2, 0.25) is 0 Å². The molecule has 1 unspecified atom stereocenters. The monoisotopic (exact) mass is 274 g/mol. The normalized spacial score (nSPS) is 30.9. The zero-order chi connectivity index (χ0) is 14.2. The third-order valence-corrected chi connectivity index (χ3v) is 2.94. The van der Waals surface area contributed by atoms with Gasteiger partial charge < -0.3 is 14.6 Å². The van der Waals surface area contributed by atoms with E-state index in [4.69, 9.17) is 14.7 Å². The van der Waals surface area contributed by atoms with Gasteiger partial charge in [-0.15, -0.1) is 5.06 Å². The van der Waals surface area contributed by atoms with E-state index in [9.17, 15) is 14.4 Å². The third-order valence-electron chi connectivity index (χ3n) is 2.94. The first-order valence-corrected chi connectivity index (χ1v) is 5.63.